The Bertz CT molecular complexity index is 727. The zero-order valence-corrected chi connectivity index (χ0v) is 11.8. The van der Waals surface area contributed by atoms with Crippen LogP contribution in [0.3, 0.4) is 0 Å². The maximum absolute atomic E-state index is 4.03. The SMILES string of the molecule is C(=C(NNc1ncncn1)c1ccccc1)c1ccccc1. The number of hydrazine groups is 1. The van der Waals surface area contributed by atoms with E-state index < -0.39 is 0 Å². The Morgan fingerprint density at radius 2 is 1.45 bits per heavy atom. The molecule has 2 N–H and O–H groups in total. The molecule has 0 spiro atoms. The number of benzene rings is 2. The summed E-state index contributed by atoms with van der Waals surface area (Å²) in [4.78, 5) is 11.9. The van der Waals surface area contributed by atoms with Crippen molar-refractivity contribution < 1.29 is 0 Å². The summed E-state index contributed by atoms with van der Waals surface area (Å²) in [5, 5.41) is 0. The highest BCUT2D eigenvalue weighted by Gasteiger charge is 2.02. The highest BCUT2D eigenvalue weighted by atomic mass is 15.4. The van der Waals surface area contributed by atoms with Gasteiger partial charge in [0.2, 0.25) is 5.95 Å². The fraction of sp³-hybridized carbons (Fsp3) is 0. The largest absolute Gasteiger partial charge is 0.298 e. The van der Waals surface area contributed by atoms with E-state index in [1.807, 2.05) is 60.7 Å². The van der Waals surface area contributed by atoms with Gasteiger partial charge in [-0.05, 0) is 17.2 Å². The molecular formula is C17H15N5. The monoisotopic (exact) mass is 289 g/mol. The molecule has 5 nitrogen and oxygen atoms in total. The minimum atomic E-state index is 0.463. The van der Waals surface area contributed by atoms with Gasteiger partial charge in [0.25, 0.3) is 0 Å². The molecule has 22 heavy (non-hydrogen) atoms. The van der Waals surface area contributed by atoms with Crippen molar-refractivity contribution in [1.29, 1.82) is 0 Å². The Labute approximate surface area is 128 Å². The van der Waals surface area contributed by atoms with Gasteiger partial charge < -0.3 is 0 Å². The summed E-state index contributed by atoms with van der Waals surface area (Å²) in [6.45, 7) is 0. The second-order valence-corrected chi connectivity index (χ2v) is 4.55. The van der Waals surface area contributed by atoms with E-state index in [-0.39, 0.29) is 0 Å². The average Bonchev–Trinajstić information content (AvgIpc) is 2.61. The van der Waals surface area contributed by atoms with E-state index in [2.05, 4.69) is 31.9 Å². The molecule has 0 aliphatic heterocycles. The van der Waals surface area contributed by atoms with E-state index in [4.69, 9.17) is 0 Å². The van der Waals surface area contributed by atoms with Crippen LogP contribution in [0.1, 0.15) is 11.1 Å². The lowest BCUT2D eigenvalue weighted by atomic mass is 10.1. The number of aromatic nitrogens is 3. The lowest BCUT2D eigenvalue weighted by Gasteiger charge is -2.12. The zero-order chi connectivity index (χ0) is 15.0. The summed E-state index contributed by atoms with van der Waals surface area (Å²) >= 11 is 0. The molecule has 0 saturated heterocycles. The van der Waals surface area contributed by atoms with Crippen LogP contribution < -0.4 is 10.9 Å². The first kappa shape index (κ1) is 13.8. The fourth-order valence-corrected chi connectivity index (χ4v) is 1.95. The van der Waals surface area contributed by atoms with Crippen LogP contribution in [0.4, 0.5) is 5.95 Å². The molecule has 0 atom stereocenters. The van der Waals surface area contributed by atoms with E-state index in [9.17, 15) is 0 Å². The van der Waals surface area contributed by atoms with Crippen molar-refractivity contribution in [2.45, 2.75) is 0 Å². The molecule has 0 unspecified atom stereocenters. The van der Waals surface area contributed by atoms with Crippen LogP contribution in [0.25, 0.3) is 11.8 Å². The molecule has 1 heterocycles. The van der Waals surface area contributed by atoms with Crippen molar-refractivity contribution >= 4 is 17.7 Å². The summed E-state index contributed by atoms with van der Waals surface area (Å²) in [7, 11) is 0. The maximum atomic E-state index is 4.03. The molecule has 5 heteroatoms. The Balaban J connectivity index is 1.85. The van der Waals surface area contributed by atoms with Crippen LogP contribution in [-0.2, 0) is 0 Å². The Hall–Kier alpha value is -3.21. The highest BCUT2D eigenvalue weighted by Crippen LogP contribution is 2.15. The third-order valence-electron chi connectivity index (χ3n) is 3.00. The molecule has 3 aromatic rings. The van der Waals surface area contributed by atoms with E-state index in [0.717, 1.165) is 16.8 Å². The first-order chi connectivity index (χ1) is 10.9. The van der Waals surface area contributed by atoms with Crippen molar-refractivity contribution in [3.05, 3.63) is 84.4 Å². The molecule has 3 rings (SSSR count). The van der Waals surface area contributed by atoms with Gasteiger partial charge in [0.05, 0.1) is 5.70 Å². The van der Waals surface area contributed by atoms with Gasteiger partial charge in [-0.3, -0.25) is 10.9 Å². The van der Waals surface area contributed by atoms with E-state index in [1.54, 1.807) is 0 Å². The maximum Gasteiger partial charge on any atom is 0.244 e. The molecule has 0 amide bonds. The van der Waals surface area contributed by atoms with Crippen LogP contribution in [0.15, 0.2) is 73.3 Å². The van der Waals surface area contributed by atoms with Crippen LogP contribution in [-0.4, -0.2) is 15.0 Å². The van der Waals surface area contributed by atoms with Gasteiger partial charge in [0.1, 0.15) is 12.7 Å². The molecule has 0 radical (unpaired) electrons. The number of rotatable bonds is 5. The van der Waals surface area contributed by atoms with Crippen LogP contribution in [0.5, 0.6) is 0 Å². The Morgan fingerprint density at radius 3 is 2.14 bits per heavy atom. The first-order valence-electron chi connectivity index (χ1n) is 6.88. The fourth-order valence-electron chi connectivity index (χ4n) is 1.95. The number of nitrogens with one attached hydrogen (secondary N) is 2. The van der Waals surface area contributed by atoms with Crippen LogP contribution >= 0.6 is 0 Å². The van der Waals surface area contributed by atoms with Gasteiger partial charge in [-0.25, -0.2) is 4.98 Å². The Kier molecular flexibility index (Phi) is 4.37. The van der Waals surface area contributed by atoms with Crippen molar-refractivity contribution in [3.8, 4) is 0 Å². The normalized spacial score (nSPS) is 11.0. The molecule has 2 aromatic carbocycles. The molecular weight excluding hydrogens is 274 g/mol. The second-order valence-electron chi connectivity index (χ2n) is 4.55. The van der Waals surface area contributed by atoms with Gasteiger partial charge in [-0.1, -0.05) is 60.7 Å². The van der Waals surface area contributed by atoms with Gasteiger partial charge in [-0.15, -0.1) is 0 Å². The van der Waals surface area contributed by atoms with Crippen molar-refractivity contribution in [3.63, 3.8) is 0 Å². The highest BCUT2D eigenvalue weighted by molar-refractivity contribution is 5.80. The van der Waals surface area contributed by atoms with Crippen molar-refractivity contribution in [2.75, 3.05) is 5.43 Å². The minimum absolute atomic E-state index is 0.463. The summed E-state index contributed by atoms with van der Waals surface area (Å²) in [5.41, 5.74) is 9.23. The molecule has 0 fully saturated rings. The van der Waals surface area contributed by atoms with Gasteiger partial charge in [-0.2, -0.15) is 9.97 Å². The molecule has 0 bridgehead atoms. The van der Waals surface area contributed by atoms with Crippen molar-refractivity contribution in [2.24, 2.45) is 0 Å². The second kappa shape index (κ2) is 6.99. The first-order valence-corrected chi connectivity index (χ1v) is 6.88. The van der Waals surface area contributed by atoms with Crippen LogP contribution in [0, 0.1) is 0 Å². The molecule has 1 aromatic heterocycles. The summed E-state index contributed by atoms with van der Waals surface area (Å²) in [5.74, 6) is 0.463. The third kappa shape index (κ3) is 3.67. The van der Waals surface area contributed by atoms with E-state index >= 15 is 0 Å². The summed E-state index contributed by atoms with van der Waals surface area (Å²) in [6.07, 6.45) is 4.95. The van der Waals surface area contributed by atoms with E-state index in [1.165, 1.54) is 12.7 Å². The molecule has 108 valence electrons. The lowest BCUT2D eigenvalue weighted by molar-refractivity contribution is 0.972. The lowest BCUT2D eigenvalue weighted by Crippen LogP contribution is -2.21. The van der Waals surface area contributed by atoms with Crippen LogP contribution in [0.2, 0.25) is 0 Å². The quantitative estimate of drug-likeness (QED) is 0.558. The average molecular weight is 289 g/mol. The van der Waals surface area contributed by atoms with Gasteiger partial charge in [0.15, 0.2) is 0 Å². The molecule has 0 aliphatic carbocycles. The topological polar surface area (TPSA) is 62.7 Å². The minimum Gasteiger partial charge on any atom is -0.298 e. The number of hydrogen-bond donors (Lipinski definition) is 2. The number of nitrogens with zero attached hydrogens (tertiary/aromatic N) is 3. The predicted octanol–water partition coefficient (Wildman–Crippen LogP) is 2.99. The summed E-state index contributed by atoms with van der Waals surface area (Å²) < 4.78 is 0. The third-order valence-corrected chi connectivity index (χ3v) is 3.00. The van der Waals surface area contributed by atoms with Crippen molar-refractivity contribution in [1.82, 2.24) is 20.4 Å². The van der Waals surface area contributed by atoms with Gasteiger partial charge >= 0.3 is 0 Å². The summed E-state index contributed by atoms with van der Waals surface area (Å²) in [6, 6.07) is 20.2. The number of anilines is 1. The molecule has 0 aliphatic rings. The number of hydrogen-bond acceptors (Lipinski definition) is 5. The van der Waals surface area contributed by atoms with E-state index in [0.29, 0.717) is 5.95 Å². The Morgan fingerprint density at radius 1 is 0.818 bits per heavy atom. The smallest absolute Gasteiger partial charge is 0.244 e. The molecule has 0 saturated carbocycles. The standard InChI is InChI=1S/C17H15N5/c1-3-7-14(8-4-1)11-16(15-9-5-2-6-10-15)21-22-17-19-12-18-13-20-17/h1-13,21H,(H,18,19,20,22). The zero-order valence-electron chi connectivity index (χ0n) is 11.8. The predicted molar refractivity (Wildman–Crippen MR) is 87.3 cm³/mol. The van der Waals surface area contributed by atoms with Gasteiger partial charge in [0, 0.05) is 0 Å².